The third kappa shape index (κ3) is 1.53. The van der Waals surface area contributed by atoms with Crippen molar-refractivity contribution in [2.24, 2.45) is 5.41 Å². The zero-order valence-corrected chi connectivity index (χ0v) is 11.1. The summed E-state index contributed by atoms with van der Waals surface area (Å²) in [7, 11) is 0. The van der Waals surface area contributed by atoms with Crippen LogP contribution in [0.1, 0.15) is 48.0 Å². The molecule has 0 aromatic rings. The van der Waals surface area contributed by atoms with Crippen molar-refractivity contribution in [1.82, 2.24) is 10.2 Å². The predicted molar refractivity (Wildman–Crippen MR) is 65.1 cm³/mol. The molecule has 0 aliphatic carbocycles. The highest BCUT2D eigenvalue weighted by Crippen LogP contribution is 2.49. The van der Waals surface area contributed by atoms with Gasteiger partial charge in [0.2, 0.25) is 0 Å². The Labute approximate surface area is 94.4 Å². The molecule has 0 unspecified atom stereocenters. The van der Waals surface area contributed by atoms with Gasteiger partial charge in [0.25, 0.3) is 0 Å². The summed E-state index contributed by atoms with van der Waals surface area (Å²) in [6.45, 7) is 16.6. The Morgan fingerprint density at radius 3 is 2.07 bits per heavy atom. The standard InChI is InChI=1S/C13H26N2/c1-11(2,3)13-7-10(14-9-13)8-15(13)12(4,5)6/h10,14H,7-9H2,1-6H3/t10-,13-/m1/s1. The number of nitrogens with zero attached hydrogens (tertiary/aromatic N) is 1. The Bertz CT molecular complexity index is 259. The van der Waals surface area contributed by atoms with Crippen molar-refractivity contribution in [3.05, 3.63) is 0 Å². The number of rotatable bonds is 0. The molecule has 0 aromatic carbocycles. The number of likely N-dealkylation sites (tertiary alicyclic amines) is 1. The van der Waals surface area contributed by atoms with Crippen molar-refractivity contribution in [2.45, 2.75) is 65.1 Å². The molecule has 0 radical (unpaired) electrons. The lowest BCUT2D eigenvalue weighted by molar-refractivity contribution is -0.0329. The van der Waals surface area contributed by atoms with E-state index in [1.807, 2.05) is 0 Å². The van der Waals surface area contributed by atoms with Crippen LogP contribution in [-0.4, -0.2) is 35.1 Å². The van der Waals surface area contributed by atoms with Gasteiger partial charge in [-0.1, -0.05) is 20.8 Å². The fourth-order valence-corrected chi connectivity index (χ4v) is 3.49. The molecule has 0 spiro atoms. The second kappa shape index (κ2) is 2.98. The van der Waals surface area contributed by atoms with Crippen LogP contribution in [0.3, 0.4) is 0 Å². The number of hydrogen-bond donors (Lipinski definition) is 1. The van der Waals surface area contributed by atoms with E-state index in [1.54, 1.807) is 0 Å². The highest BCUT2D eigenvalue weighted by Gasteiger charge is 2.59. The van der Waals surface area contributed by atoms with Gasteiger partial charge in [0.15, 0.2) is 0 Å². The minimum atomic E-state index is 0.296. The van der Waals surface area contributed by atoms with Gasteiger partial charge in [0.1, 0.15) is 0 Å². The van der Waals surface area contributed by atoms with E-state index in [0.29, 0.717) is 16.5 Å². The van der Waals surface area contributed by atoms with Crippen molar-refractivity contribution in [3.63, 3.8) is 0 Å². The van der Waals surface area contributed by atoms with Crippen molar-refractivity contribution in [2.75, 3.05) is 13.1 Å². The predicted octanol–water partition coefficient (Wildman–Crippen LogP) is 2.25. The molecular weight excluding hydrogens is 184 g/mol. The van der Waals surface area contributed by atoms with E-state index in [-0.39, 0.29) is 0 Å². The zero-order chi connectivity index (χ0) is 11.5. The molecule has 0 saturated carbocycles. The maximum absolute atomic E-state index is 3.66. The Kier molecular flexibility index (Phi) is 2.27. The first-order valence-corrected chi connectivity index (χ1v) is 6.18. The Morgan fingerprint density at radius 1 is 1.13 bits per heavy atom. The number of piperazine rings is 1. The van der Waals surface area contributed by atoms with E-state index in [2.05, 4.69) is 51.8 Å². The molecule has 2 fully saturated rings. The summed E-state index contributed by atoms with van der Waals surface area (Å²) < 4.78 is 0. The highest BCUT2D eigenvalue weighted by atomic mass is 15.4. The summed E-state index contributed by atoms with van der Waals surface area (Å²) in [5.41, 5.74) is 1.03. The SMILES string of the molecule is CC(C)(C)N1C[C@H]2C[C@]1(C(C)(C)C)CN2. The van der Waals surface area contributed by atoms with E-state index < -0.39 is 0 Å². The fraction of sp³-hybridized carbons (Fsp3) is 1.00. The van der Waals surface area contributed by atoms with Crippen molar-refractivity contribution in [3.8, 4) is 0 Å². The van der Waals surface area contributed by atoms with Crippen LogP contribution < -0.4 is 5.32 Å². The summed E-state index contributed by atoms with van der Waals surface area (Å²) in [5, 5.41) is 3.66. The molecule has 2 nitrogen and oxygen atoms in total. The van der Waals surface area contributed by atoms with Crippen LogP contribution in [0.15, 0.2) is 0 Å². The third-order valence-corrected chi connectivity index (χ3v) is 4.39. The normalized spacial score (nSPS) is 37.6. The van der Waals surface area contributed by atoms with E-state index in [1.165, 1.54) is 19.5 Å². The van der Waals surface area contributed by atoms with Crippen molar-refractivity contribution >= 4 is 0 Å². The first-order valence-electron chi connectivity index (χ1n) is 6.18. The Morgan fingerprint density at radius 2 is 1.73 bits per heavy atom. The van der Waals surface area contributed by atoms with Gasteiger partial charge in [-0.15, -0.1) is 0 Å². The average Bonchev–Trinajstić information content (AvgIpc) is 2.57. The van der Waals surface area contributed by atoms with Crippen LogP contribution in [-0.2, 0) is 0 Å². The number of fused-ring (bicyclic) bond motifs is 2. The van der Waals surface area contributed by atoms with Crippen LogP contribution in [0.4, 0.5) is 0 Å². The van der Waals surface area contributed by atoms with Crippen LogP contribution in [0.5, 0.6) is 0 Å². The van der Waals surface area contributed by atoms with Gasteiger partial charge in [-0.2, -0.15) is 0 Å². The zero-order valence-electron chi connectivity index (χ0n) is 11.1. The topological polar surface area (TPSA) is 15.3 Å². The molecule has 2 heteroatoms. The lowest BCUT2D eigenvalue weighted by Gasteiger charge is -2.53. The smallest absolute Gasteiger partial charge is 0.0403 e. The number of hydrogen-bond acceptors (Lipinski definition) is 2. The van der Waals surface area contributed by atoms with Gasteiger partial charge in [0, 0.05) is 30.2 Å². The quantitative estimate of drug-likeness (QED) is 0.660. The van der Waals surface area contributed by atoms with Crippen molar-refractivity contribution in [1.29, 1.82) is 0 Å². The molecule has 0 amide bonds. The minimum Gasteiger partial charge on any atom is -0.311 e. The molecule has 2 aliphatic rings. The summed E-state index contributed by atoms with van der Waals surface area (Å²) in [4.78, 5) is 2.74. The molecule has 2 rings (SSSR count). The lowest BCUT2D eigenvalue weighted by Crippen LogP contribution is -2.64. The maximum atomic E-state index is 3.66. The Hall–Kier alpha value is -0.0800. The van der Waals surface area contributed by atoms with E-state index in [0.717, 1.165) is 6.04 Å². The average molecular weight is 210 g/mol. The number of nitrogens with one attached hydrogen (secondary N) is 1. The lowest BCUT2D eigenvalue weighted by atomic mass is 9.71. The van der Waals surface area contributed by atoms with E-state index in [4.69, 9.17) is 0 Å². The fourth-order valence-electron chi connectivity index (χ4n) is 3.49. The van der Waals surface area contributed by atoms with Crippen LogP contribution in [0.2, 0.25) is 0 Å². The second-order valence-electron chi connectivity index (χ2n) is 7.34. The van der Waals surface area contributed by atoms with E-state index >= 15 is 0 Å². The minimum absolute atomic E-state index is 0.296. The molecule has 15 heavy (non-hydrogen) atoms. The van der Waals surface area contributed by atoms with Crippen LogP contribution in [0.25, 0.3) is 0 Å². The summed E-state index contributed by atoms with van der Waals surface area (Å²) in [6.07, 6.45) is 1.33. The largest absolute Gasteiger partial charge is 0.311 e. The molecule has 88 valence electrons. The van der Waals surface area contributed by atoms with Crippen molar-refractivity contribution < 1.29 is 0 Å². The summed E-state index contributed by atoms with van der Waals surface area (Å²) in [6, 6.07) is 0.725. The van der Waals surface area contributed by atoms with Gasteiger partial charge < -0.3 is 5.32 Å². The van der Waals surface area contributed by atoms with Gasteiger partial charge >= 0.3 is 0 Å². The van der Waals surface area contributed by atoms with Gasteiger partial charge in [-0.05, 0) is 32.6 Å². The molecule has 2 saturated heterocycles. The van der Waals surface area contributed by atoms with Crippen LogP contribution in [0, 0.1) is 5.41 Å². The molecule has 1 N–H and O–H groups in total. The first-order chi connectivity index (χ1) is 6.67. The van der Waals surface area contributed by atoms with Crippen LogP contribution >= 0.6 is 0 Å². The summed E-state index contributed by atoms with van der Waals surface area (Å²) in [5.74, 6) is 0. The molecule has 2 bridgehead atoms. The molecule has 2 heterocycles. The monoisotopic (exact) mass is 210 g/mol. The van der Waals surface area contributed by atoms with Gasteiger partial charge in [-0.25, -0.2) is 0 Å². The summed E-state index contributed by atoms with van der Waals surface area (Å²) >= 11 is 0. The van der Waals surface area contributed by atoms with Gasteiger partial charge in [-0.3, -0.25) is 4.90 Å². The second-order valence-corrected chi connectivity index (χ2v) is 7.34. The third-order valence-electron chi connectivity index (χ3n) is 4.39. The van der Waals surface area contributed by atoms with Gasteiger partial charge in [0.05, 0.1) is 0 Å². The molecule has 0 aromatic heterocycles. The Balaban J connectivity index is 2.36. The van der Waals surface area contributed by atoms with E-state index in [9.17, 15) is 0 Å². The first kappa shape index (κ1) is 11.4. The maximum Gasteiger partial charge on any atom is 0.0403 e. The highest BCUT2D eigenvalue weighted by molar-refractivity contribution is 5.16. The molecule has 2 atom stereocenters. The molecule has 2 aliphatic heterocycles. The molecular formula is C13H26N2.